The van der Waals surface area contributed by atoms with Crippen LogP contribution in [0.2, 0.25) is 0 Å². The molecule has 0 saturated carbocycles. The van der Waals surface area contributed by atoms with E-state index in [9.17, 15) is 9.59 Å². The minimum Gasteiger partial charge on any atom is -0.324 e. The van der Waals surface area contributed by atoms with Crippen molar-refractivity contribution >= 4 is 35.1 Å². The van der Waals surface area contributed by atoms with Crippen LogP contribution in [0, 0.1) is 6.92 Å². The van der Waals surface area contributed by atoms with Crippen LogP contribution in [0.1, 0.15) is 18.0 Å². The van der Waals surface area contributed by atoms with Crippen molar-refractivity contribution in [1.29, 1.82) is 0 Å². The fourth-order valence-electron chi connectivity index (χ4n) is 3.34. The van der Waals surface area contributed by atoms with Crippen molar-refractivity contribution in [2.24, 2.45) is 0 Å². The smallest absolute Gasteiger partial charge is 0.249 e. The molecule has 142 valence electrons. The molecule has 2 amide bonds. The zero-order valence-electron chi connectivity index (χ0n) is 15.6. The van der Waals surface area contributed by atoms with Crippen molar-refractivity contribution in [3.05, 3.63) is 60.2 Å². The highest BCUT2D eigenvalue weighted by molar-refractivity contribution is 7.98. The zero-order chi connectivity index (χ0) is 19.7. The van der Waals surface area contributed by atoms with Gasteiger partial charge in [-0.25, -0.2) is 4.68 Å². The van der Waals surface area contributed by atoms with Crippen LogP contribution in [-0.2, 0) is 9.59 Å². The first-order valence-electron chi connectivity index (χ1n) is 8.96. The van der Waals surface area contributed by atoms with Gasteiger partial charge in [-0.05, 0) is 31.4 Å². The maximum absolute atomic E-state index is 13.0. The van der Waals surface area contributed by atoms with Crippen molar-refractivity contribution in [1.82, 2.24) is 9.78 Å². The summed E-state index contributed by atoms with van der Waals surface area (Å²) in [6.45, 7) is 1.91. The van der Waals surface area contributed by atoms with Gasteiger partial charge in [0.15, 0.2) is 0 Å². The van der Waals surface area contributed by atoms with Gasteiger partial charge in [0.1, 0.15) is 11.9 Å². The van der Waals surface area contributed by atoms with Crippen molar-refractivity contribution in [3.8, 4) is 11.3 Å². The second-order valence-electron chi connectivity index (χ2n) is 6.62. The second-order valence-corrected chi connectivity index (χ2v) is 7.50. The lowest BCUT2D eigenvalue weighted by Gasteiger charge is -2.24. The third-order valence-corrected chi connectivity index (χ3v) is 5.49. The van der Waals surface area contributed by atoms with E-state index in [4.69, 9.17) is 0 Å². The average Bonchev–Trinajstić information content (AvgIpc) is 3.04. The van der Waals surface area contributed by atoms with Gasteiger partial charge < -0.3 is 10.6 Å². The lowest BCUT2D eigenvalue weighted by molar-refractivity contribution is -0.125. The zero-order valence-corrected chi connectivity index (χ0v) is 16.4. The average molecular weight is 392 g/mol. The van der Waals surface area contributed by atoms with E-state index in [-0.39, 0.29) is 18.2 Å². The Balaban J connectivity index is 1.68. The lowest BCUT2D eigenvalue weighted by Crippen LogP contribution is -2.35. The molecular weight excluding hydrogens is 372 g/mol. The number of amides is 2. The number of nitrogens with one attached hydrogen (secondary N) is 2. The molecule has 4 rings (SSSR count). The van der Waals surface area contributed by atoms with Gasteiger partial charge in [-0.1, -0.05) is 36.4 Å². The fraction of sp³-hybridized carbons (Fsp3) is 0.190. The molecule has 2 N–H and O–H groups in total. The molecule has 0 radical (unpaired) electrons. The molecular formula is C21H20N4O2S. The Morgan fingerprint density at radius 3 is 2.75 bits per heavy atom. The molecule has 1 aliphatic rings. The number of aromatic nitrogens is 2. The third kappa shape index (κ3) is 3.41. The molecule has 1 aliphatic heterocycles. The molecule has 2 aromatic carbocycles. The summed E-state index contributed by atoms with van der Waals surface area (Å²) >= 11 is 1.60. The number of anilines is 2. The van der Waals surface area contributed by atoms with Crippen LogP contribution >= 0.6 is 11.8 Å². The molecule has 1 unspecified atom stereocenters. The first-order valence-corrected chi connectivity index (χ1v) is 10.2. The Morgan fingerprint density at radius 2 is 2.00 bits per heavy atom. The minimum absolute atomic E-state index is 0.0520. The largest absolute Gasteiger partial charge is 0.324 e. The maximum atomic E-state index is 13.0. The molecule has 0 fully saturated rings. The Kier molecular flexibility index (Phi) is 4.92. The molecule has 1 aromatic heterocycles. The summed E-state index contributed by atoms with van der Waals surface area (Å²) in [6, 6.07) is 16.7. The lowest BCUT2D eigenvalue weighted by atomic mass is 10.1. The first-order chi connectivity index (χ1) is 13.6. The van der Waals surface area contributed by atoms with Crippen molar-refractivity contribution in [3.63, 3.8) is 0 Å². The summed E-state index contributed by atoms with van der Waals surface area (Å²) in [5.74, 6) is 0.137. The van der Waals surface area contributed by atoms with Gasteiger partial charge in [0.25, 0.3) is 0 Å². The first kappa shape index (κ1) is 18.3. The minimum atomic E-state index is -0.696. The number of rotatable bonds is 4. The standard InChI is InChI=1S/C21H20N4O2S/c1-13-19(14-7-4-3-5-8-14)24-25-17(12-18(26)23-20(13)25)21(27)22-15-9-6-10-16(11-15)28-2/h3-11,17H,12H2,1-2H3,(H,22,27)(H,23,26). The van der Waals surface area contributed by atoms with E-state index in [0.29, 0.717) is 11.5 Å². The van der Waals surface area contributed by atoms with Crippen molar-refractivity contribution < 1.29 is 9.59 Å². The van der Waals surface area contributed by atoms with Crippen LogP contribution in [0.15, 0.2) is 59.5 Å². The Labute approximate surface area is 167 Å². The van der Waals surface area contributed by atoms with Gasteiger partial charge in [0.05, 0.1) is 12.1 Å². The highest BCUT2D eigenvalue weighted by atomic mass is 32.2. The number of fused-ring (bicyclic) bond motifs is 1. The summed E-state index contributed by atoms with van der Waals surface area (Å²) < 4.78 is 1.63. The highest BCUT2D eigenvalue weighted by Gasteiger charge is 2.34. The SMILES string of the molecule is CSc1cccc(NC(=O)C2CC(=O)Nc3c(C)c(-c4ccccc4)nn32)c1. The van der Waals surface area contributed by atoms with E-state index < -0.39 is 6.04 Å². The Hall–Kier alpha value is -3.06. The summed E-state index contributed by atoms with van der Waals surface area (Å²) in [7, 11) is 0. The Morgan fingerprint density at radius 1 is 1.21 bits per heavy atom. The fourth-order valence-corrected chi connectivity index (χ4v) is 3.80. The van der Waals surface area contributed by atoms with Crippen molar-refractivity contribution in [2.45, 2.75) is 24.3 Å². The topological polar surface area (TPSA) is 76.0 Å². The molecule has 28 heavy (non-hydrogen) atoms. The van der Waals surface area contributed by atoms with Gasteiger partial charge >= 0.3 is 0 Å². The van der Waals surface area contributed by atoms with Crippen molar-refractivity contribution in [2.75, 3.05) is 16.9 Å². The highest BCUT2D eigenvalue weighted by Crippen LogP contribution is 2.34. The van der Waals surface area contributed by atoms with Gasteiger partial charge in [0, 0.05) is 21.7 Å². The normalized spacial score (nSPS) is 15.6. The van der Waals surface area contributed by atoms with E-state index in [1.54, 1.807) is 16.4 Å². The van der Waals surface area contributed by atoms with Gasteiger partial charge in [-0.3, -0.25) is 9.59 Å². The van der Waals surface area contributed by atoms with Crippen LogP contribution in [0.4, 0.5) is 11.5 Å². The molecule has 6 nitrogen and oxygen atoms in total. The Bertz CT molecular complexity index is 1050. The van der Waals surface area contributed by atoms with Gasteiger partial charge in [0.2, 0.25) is 11.8 Å². The van der Waals surface area contributed by atoms with E-state index >= 15 is 0 Å². The molecule has 3 aromatic rings. The molecule has 0 saturated heterocycles. The molecule has 0 spiro atoms. The molecule has 7 heteroatoms. The monoisotopic (exact) mass is 392 g/mol. The van der Waals surface area contributed by atoms with Crippen LogP contribution in [0.5, 0.6) is 0 Å². The van der Waals surface area contributed by atoms with E-state index in [2.05, 4.69) is 15.7 Å². The summed E-state index contributed by atoms with van der Waals surface area (Å²) in [6.07, 6.45) is 2.03. The van der Waals surface area contributed by atoms with E-state index in [1.807, 2.05) is 67.8 Å². The number of carbonyl (C=O) groups is 2. The molecule has 1 atom stereocenters. The van der Waals surface area contributed by atoms with Crippen LogP contribution in [0.3, 0.4) is 0 Å². The summed E-state index contributed by atoms with van der Waals surface area (Å²) in [5, 5.41) is 10.5. The van der Waals surface area contributed by atoms with E-state index in [1.165, 1.54) is 0 Å². The quantitative estimate of drug-likeness (QED) is 0.656. The van der Waals surface area contributed by atoms with Gasteiger partial charge in [-0.15, -0.1) is 11.8 Å². The third-order valence-electron chi connectivity index (χ3n) is 4.77. The van der Waals surface area contributed by atoms with Crippen LogP contribution < -0.4 is 10.6 Å². The number of hydrogen-bond acceptors (Lipinski definition) is 4. The van der Waals surface area contributed by atoms with Gasteiger partial charge in [-0.2, -0.15) is 5.10 Å². The van der Waals surface area contributed by atoms with E-state index in [0.717, 1.165) is 21.7 Å². The summed E-state index contributed by atoms with van der Waals surface area (Å²) in [5.41, 5.74) is 3.26. The molecule has 0 aliphatic carbocycles. The predicted molar refractivity (Wildman–Crippen MR) is 112 cm³/mol. The maximum Gasteiger partial charge on any atom is 0.249 e. The molecule has 2 heterocycles. The van der Waals surface area contributed by atoms with Crippen LogP contribution in [0.25, 0.3) is 11.3 Å². The number of hydrogen-bond donors (Lipinski definition) is 2. The number of nitrogens with zero attached hydrogens (tertiary/aromatic N) is 2. The predicted octanol–water partition coefficient (Wildman–Crippen LogP) is 4.10. The number of thioether (sulfide) groups is 1. The van der Waals surface area contributed by atoms with Crippen LogP contribution in [-0.4, -0.2) is 27.9 Å². The molecule has 0 bridgehead atoms. The summed E-state index contributed by atoms with van der Waals surface area (Å²) in [4.78, 5) is 26.3. The second kappa shape index (κ2) is 7.52. The number of carbonyl (C=O) groups excluding carboxylic acids is 2. The number of benzene rings is 2.